The molecule has 5 N–H and O–H groups in total. The van der Waals surface area contributed by atoms with Gasteiger partial charge >= 0.3 is 0 Å². The van der Waals surface area contributed by atoms with Gasteiger partial charge in [0.15, 0.2) is 0 Å². The van der Waals surface area contributed by atoms with Gasteiger partial charge in [0.2, 0.25) is 5.91 Å². The Morgan fingerprint density at radius 2 is 1.79 bits per heavy atom. The number of nitrogens with one attached hydrogen (secondary N) is 1. The molecule has 33 heavy (non-hydrogen) atoms. The number of pyridine rings is 1. The second-order valence-corrected chi connectivity index (χ2v) is 8.22. The monoisotopic (exact) mass is 443 g/mol. The number of morpholine rings is 1. The van der Waals surface area contributed by atoms with E-state index in [0.29, 0.717) is 47.3 Å². The number of carbonyl (C=O) groups excluding carboxylic acids is 2. The summed E-state index contributed by atoms with van der Waals surface area (Å²) < 4.78 is 5.46. The largest absolute Gasteiger partial charge is 0.379 e. The van der Waals surface area contributed by atoms with Gasteiger partial charge in [-0.25, -0.2) is 4.98 Å². The van der Waals surface area contributed by atoms with E-state index in [1.165, 1.54) is 0 Å². The van der Waals surface area contributed by atoms with Crippen LogP contribution in [0.3, 0.4) is 0 Å². The number of hydrogen-bond donors (Lipinski definition) is 3. The molecule has 0 atom stereocenters. The van der Waals surface area contributed by atoms with Gasteiger partial charge in [0.1, 0.15) is 0 Å². The lowest BCUT2D eigenvalue weighted by atomic mass is 9.96. The minimum Gasteiger partial charge on any atom is -0.379 e. The topological polar surface area (TPSA) is 127 Å². The molecule has 3 heterocycles. The Labute approximate surface area is 190 Å². The number of H-pyrrole nitrogens is 1. The molecule has 0 bridgehead atoms. The number of aromatic amines is 1. The summed E-state index contributed by atoms with van der Waals surface area (Å²) in [6.07, 6.45) is 0.618. The van der Waals surface area contributed by atoms with Crippen LogP contribution < -0.4 is 11.5 Å². The zero-order valence-electron chi connectivity index (χ0n) is 18.1. The molecule has 2 amide bonds. The highest BCUT2D eigenvalue weighted by Crippen LogP contribution is 2.34. The first kappa shape index (κ1) is 21.1. The van der Waals surface area contributed by atoms with Gasteiger partial charge < -0.3 is 21.2 Å². The Morgan fingerprint density at radius 3 is 2.48 bits per heavy atom. The number of amides is 2. The minimum atomic E-state index is -0.519. The maximum absolute atomic E-state index is 12.8. The molecule has 4 aromatic rings. The van der Waals surface area contributed by atoms with Crippen molar-refractivity contribution in [2.45, 2.75) is 6.42 Å². The summed E-state index contributed by atoms with van der Waals surface area (Å²) in [5, 5.41) is 0.800. The lowest BCUT2D eigenvalue weighted by Crippen LogP contribution is -2.37. The summed E-state index contributed by atoms with van der Waals surface area (Å²) in [4.78, 5) is 35.1. The van der Waals surface area contributed by atoms with Crippen molar-refractivity contribution in [3.63, 3.8) is 0 Å². The van der Waals surface area contributed by atoms with Crippen molar-refractivity contribution in [2.24, 2.45) is 11.5 Å². The number of ether oxygens (including phenoxy) is 1. The SMILES string of the molecule is NC(=O)c1ccc2c(c1)[nH]c1c(C(N)=O)c(CCN3CCOCC3)c(-c3ccccc3)nc12. The number of hydrogen-bond acceptors (Lipinski definition) is 5. The van der Waals surface area contributed by atoms with Gasteiger partial charge in [0, 0.05) is 41.7 Å². The van der Waals surface area contributed by atoms with E-state index in [2.05, 4.69) is 9.88 Å². The molecule has 5 rings (SSSR count). The first-order valence-corrected chi connectivity index (χ1v) is 11.0. The number of primary amides is 2. The van der Waals surface area contributed by atoms with E-state index < -0.39 is 11.8 Å². The van der Waals surface area contributed by atoms with Crippen molar-refractivity contribution in [3.05, 3.63) is 65.2 Å². The van der Waals surface area contributed by atoms with Crippen LogP contribution in [0.4, 0.5) is 0 Å². The van der Waals surface area contributed by atoms with Gasteiger partial charge in [-0.3, -0.25) is 14.5 Å². The fraction of sp³-hybridized carbons (Fsp3) is 0.240. The van der Waals surface area contributed by atoms with Crippen LogP contribution >= 0.6 is 0 Å². The highest BCUT2D eigenvalue weighted by atomic mass is 16.5. The molecular weight excluding hydrogens is 418 g/mol. The lowest BCUT2D eigenvalue weighted by molar-refractivity contribution is 0.0384. The van der Waals surface area contributed by atoms with Crippen LogP contribution in [0.2, 0.25) is 0 Å². The van der Waals surface area contributed by atoms with Crippen molar-refractivity contribution in [1.82, 2.24) is 14.9 Å². The molecule has 1 aliphatic heterocycles. The van der Waals surface area contributed by atoms with Crippen molar-refractivity contribution in [2.75, 3.05) is 32.8 Å². The molecule has 1 fully saturated rings. The average Bonchev–Trinajstić information content (AvgIpc) is 3.20. The summed E-state index contributed by atoms with van der Waals surface area (Å²) in [7, 11) is 0. The molecule has 0 aliphatic carbocycles. The van der Waals surface area contributed by atoms with Crippen LogP contribution in [0, 0.1) is 0 Å². The molecule has 0 spiro atoms. The predicted octanol–water partition coefficient (Wildman–Crippen LogP) is 2.46. The van der Waals surface area contributed by atoms with Crippen LogP contribution in [0.1, 0.15) is 26.3 Å². The third kappa shape index (κ3) is 3.94. The van der Waals surface area contributed by atoms with E-state index >= 15 is 0 Å². The van der Waals surface area contributed by atoms with Crippen LogP contribution in [0.25, 0.3) is 33.2 Å². The molecule has 2 aromatic heterocycles. The standard InChI is InChI=1S/C25H25N5O3/c26-24(31)16-6-7-17-19(14-16)28-23-20(25(27)32)18(8-9-30-10-12-33-13-11-30)21(29-22(17)23)15-4-2-1-3-5-15/h1-7,14,28H,8-13H2,(H2,26,31)(H2,27,32). The Bertz CT molecular complexity index is 1360. The molecule has 1 saturated heterocycles. The Kier molecular flexibility index (Phi) is 5.53. The zero-order chi connectivity index (χ0) is 22.9. The van der Waals surface area contributed by atoms with E-state index in [1.807, 2.05) is 30.3 Å². The number of fused-ring (bicyclic) bond motifs is 3. The van der Waals surface area contributed by atoms with Crippen LogP contribution in [-0.4, -0.2) is 59.5 Å². The van der Waals surface area contributed by atoms with Crippen molar-refractivity contribution in [3.8, 4) is 11.3 Å². The highest BCUT2D eigenvalue weighted by Gasteiger charge is 2.24. The van der Waals surface area contributed by atoms with Crippen LogP contribution in [-0.2, 0) is 11.2 Å². The number of benzene rings is 2. The second-order valence-electron chi connectivity index (χ2n) is 8.22. The molecule has 1 aliphatic rings. The van der Waals surface area contributed by atoms with Gasteiger partial charge in [-0.2, -0.15) is 0 Å². The second kappa shape index (κ2) is 8.65. The first-order valence-electron chi connectivity index (χ1n) is 11.0. The molecule has 8 heteroatoms. The number of aromatic nitrogens is 2. The summed E-state index contributed by atoms with van der Waals surface area (Å²) in [6.45, 7) is 3.88. The molecule has 2 aromatic carbocycles. The zero-order valence-corrected chi connectivity index (χ0v) is 18.1. The third-order valence-electron chi connectivity index (χ3n) is 6.19. The molecule has 0 unspecified atom stereocenters. The van der Waals surface area contributed by atoms with E-state index in [0.717, 1.165) is 41.8 Å². The fourth-order valence-electron chi connectivity index (χ4n) is 4.53. The lowest BCUT2D eigenvalue weighted by Gasteiger charge is -2.27. The number of rotatable bonds is 6. The van der Waals surface area contributed by atoms with E-state index in [9.17, 15) is 9.59 Å². The van der Waals surface area contributed by atoms with Gasteiger partial charge in [-0.15, -0.1) is 0 Å². The Hall–Kier alpha value is -3.75. The summed E-state index contributed by atoms with van der Waals surface area (Å²) in [5.41, 5.74) is 16.6. The minimum absolute atomic E-state index is 0.380. The van der Waals surface area contributed by atoms with E-state index in [-0.39, 0.29) is 0 Å². The maximum atomic E-state index is 12.8. The number of nitrogens with two attached hydrogens (primary N) is 2. The van der Waals surface area contributed by atoms with Gasteiger partial charge in [-0.05, 0) is 30.2 Å². The predicted molar refractivity (Wildman–Crippen MR) is 127 cm³/mol. The Balaban J connectivity index is 1.73. The molecule has 0 saturated carbocycles. The normalized spacial score (nSPS) is 14.7. The van der Waals surface area contributed by atoms with Crippen molar-refractivity contribution >= 4 is 33.8 Å². The van der Waals surface area contributed by atoms with Crippen LogP contribution in [0.5, 0.6) is 0 Å². The third-order valence-corrected chi connectivity index (χ3v) is 6.19. The quantitative estimate of drug-likeness (QED) is 0.422. The van der Waals surface area contributed by atoms with Crippen LogP contribution in [0.15, 0.2) is 48.5 Å². The average molecular weight is 444 g/mol. The van der Waals surface area contributed by atoms with Gasteiger partial charge in [-0.1, -0.05) is 30.3 Å². The number of nitrogens with zero attached hydrogens (tertiary/aromatic N) is 2. The molecule has 8 nitrogen and oxygen atoms in total. The Morgan fingerprint density at radius 1 is 1.03 bits per heavy atom. The number of carbonyl (C=O) groups is 2. The summed E-state index contributed by atoms with van der Waals surface area (Å²) in [5.74, 6) is -1.03. The molecule has 168 valence electrons. The summed E-state index contributed by atoms with van der Waals surface area (Å²) >= 11 is 0. The highest BCUT2D eigenvalue weighted by molar-refractivity contribution is 6.15. The summed E-state index contributed by atoms with van der Waals surface area (Å²) in [6, 6.07) is 15.0. The van der Waals surface area contributed by atoms with Gasteiger partial charge in [0.05, 0.1) is 35.5 Å². The van der Waals surface area contributed by atoms with Crippen molar-refractivity contribution < 1.29 is 14.3 Å². The van der Waals surface area contributed by atoms with E-state index in [4.69, 9.17) is 21.2 Å². The van der Waals surface area contributed by atoms with E-state index in [1.54, 1.807) is 18.2 Å². The molecule has 0 radical (unpaired) electrons. The molecular formula is C25H25N5O3. The smallest absolute Gasteiger partial charge is 0.251 e. The van der Waals surface area contributed by atoms with Crippen molar-refractivity contribution in [1.29, 1.82) is 0 Å². The van der Waals surface area contributed by atoms with Gasteiger partial charge in [0.25, 0.3) is 5.91 Å². The first-order chi connectivity index (χ1) is 16.0. The fourth-order valence-corrected chi connectivity index (χ4v) is 4.53. The maximum Gasteiger partial charge on any atom is 0.251 e.